The zero-order chi connectivity index (χ0) is 8.97. The Hall–Kier alpha value is -0.960. The molecule has 0 saturated heterocycles. The van der Waals surface area contributed by atoms with Gasteiger partial charge in [-0.2, -0.15) is 0 Å². The van der Waals surface area contributed by atoms with Crippen LogP contribution in [0.4, 0.5) is 0 Å². The third-order valence-electron chi connectivity index (χ3n) is 1.57. The summed E-state index contributed by atoms with van der Waals surface area (Å²) in [4.78, 5) is 0. The number of hydrogen-bond donors (Lipinski definition) is 2. The van der Waals surface area contributed by atoms with Crippen LogP contribution in [-0.2, 0) is 0 Å². The summed E-state index contributed by atoms with van der Waals surface area (Å²) in [6.07, 6.45) is 0. The lowest BCUT2D eigenvalue weighted by atomic mass is 10.2. The van der Waals surface area contributed by atoms with Gasteiger partial charge in [-0.05, 0) is 12.5 Å². The van der Waals surface area contributed by atoms with E-state index < -0.39 is 0 Å². The molecule has 1 rings (SSSR count). The monoisotopic (exact) mass is 180 g/mol. The second-order valence-electron chi connectivity index (χ2n) is 2.54. The molecule has 3 N–H and O–H groups in total. The fourth-order valence-corrected chi connectivity index (χ4v) is 1.66. The zero-order valence-corrected chi connectivity index (χ0v) is 7.77. The van der Waals surface area contributed by atoms with E-state index in [4.69, 9.17) is 11.1 Å². The van der Waals surface area contributed by atoms with Crippen molar-refractivity contribution < 1.29 is 0 Å². The minimum atomic E-state index is 0.173. The lowest BCUT2D eigenvalue weighted by Gasteiger charge is -2.08. The van der Waals surface area contributed by atoms with Crippen molar-refractivity contribution in [3.05, 3.63) is 35.9 Å². The maximum Gasteiger partial charge on any atom is 0.151 e. The molecule has 0 radical (unpaired) electrons. The minimum Gasteiger partial charge on any atom is -0.379 e. The van der Waals surface area contributed by atoms with Gasteiger partial charge in [0.05, 0.1) is 0 Å². The SMILES string of the molecule is C[C@@H](SC(=N)N)c1ccccc1. The third-order valence-corrected chi connectivity index (χ3v) is 2.45. The van der Waals surface area contributed by atoms with Gasteiger partial charge in [0.2, 0.25) is 0 Å². The van der Waals surface area contributed by atoms with Crippen LogP contribution in [0.1, 0.15) is 17.7 Å². The van der Waals surface area contributed by atoms with Crippen molar-refractivity contribution in [3.63, 3.8) is 0 Å². The standard InChI is InChI=1S/C9H12N2S/c1-7(12-9(10)11)8-5-3-2-4-6-8/h2-7H,1H3,(H3,10,11)/t7-/m1/s1. The molecule has 0 aliphatic carbocycles. The van der Waals surface area contributed by atoms with Gasteiger partial charge < -0.3 is 5.73 Å². The van der Waals surface area contributed by atoms with Crippen molar-refractivity contribution in [1.29, 1.82) is 5.41 Å². The molecule has 1 aromatic rings. The average Bonchev–Trinajstić information content (AvgIpc) is 2.05. The first-order chi connectivity index (χ1) is 5.70. The molecular formula is C9H12N2S. The van der Waals surface area contributed by atoms with Crippen LogP contribution in [0.3, 0.4) is 0 Å². The molecule has 0 bridgehead atoms. The Morgan fingerprint density at radius 2 is 2.00 bits per heavy atom. The molecule has 1 atom stereocenters. The van der Waals surface area contributed by atoms with Crippen LogP contribution in [0.25, 0.3) is 0 Å². The normalized spacial score (nSPS) is 12.4. The molecule has 3 heteroatoms. The maximum atomic E-state index is 7.11. The van der Waals surface area contributed by atoms with E-state index in [1.54, 1.807) is 0 Å². The molecule has 64 valence electrons. The fourth-order valence-electron chi connectivity index (χ4n) is 0.983. The molecule has 0 unspecified atom stereocenters. The van der Waals surface area contributed by atoms with E-state index >= 15 is 0 Å². The molecule has 0 saturated carbocycles. The largest absolute Gasteiger partial charge is 0.379 e. The number of amidine groups is 1. The molecule has 0 amide bonds. The number of rotatable bonds is 2. The van der Waals surface area contributed by atoms with Gasteiger partial charge in [-0.15, -0.1) is 0 Å². The van der Waals surface area contributed by atoms with E-state index in [-0.39, 0.29) is 10.4 Å². The Labute approximate surface area is 76.7 Å². The molecule has 0 aromatic heterocycles. The van der Waals surface area contributed by atoms with Crippen LogP contribution in [-0.4, -0.2) is 5.17 Å². The maximum absolute atomic E-state index is 7.11. The topological polar surface area (TPSA) is 49.9 Å². The van der Waals surface area contributed by atoms with Crippen LogP contribution < -0.4 is 5.73 Å². The average molecular weight is 180 g/mol. The number of nitrogens with one attached hydrogen (secondary N) is 1. The molecule has 1 aromatic carbocycles. The molecular weight excluding hydrogens is 168 g/mol. The molecule has 2 nitrogen and oxygen atoms in total. The van der Waals surface area contributed by atoms with Gasteiger partial charge in [0, 0.05) is 5.25 Å². The lowest BCUT2D eigenvalue weighted by Crippen LogP contribution is -2.05. The number of nitrogens with two attached hydrogens (primary N) is 1. The van der Waals surface area contributed by atoms with Crippen LogP contribution >= 0.6 is 11.8 Å². The van der Waals surface area contributed by atoms with Crippen molar-refractivity contribution >= 4 is 16.9 Å². The van der Waals surface area contributed by atoms with Crippen molar-refractivity contribution in [2.75, 3.05) is 0 Å². The highest BCUT2D eigenvalue weighted by atomic mass is 32.2. The smallest absolute Gasteiger partial charge is 0.151 e. The van der Waals surface area contributed by atoms with Crippen LogP contribution in [0.2, 0.25) is 0 Å². The summed E-state index contributed by atoms with van der Waals surface area (Å²) in [6.45, 7) is 2.04. The molecule has 0 fully saturated rings. The highest BCUT2D eigenvalue weighted by Gasteiger charge is 2.05. The molecule has 0 heterocycles. The van der Waals surface area contributed by atoms with Crippen LogP contribution in [0.15, 0.2) is 30.3 Å². The minimum absolute atomic E-state index is 0.173. The first-order valence-corrected chi connectivity index (χ1v) is 4.63. The molecule has 0 aliphatic rings. The van der Waals surface area contributed by atoms with Gasteiger partial charge in [0.1, 0.15) is 0 Å². The van der Waals surface area contributed by atoms with Gasteiger partial charge in [0.25, 0.3) is 0 Å². The van der Waals surface area contributed by atoms with E-state index in [1.165, 1.54) is 17.3 Å². The lowest BCUT2D eigenvalue weighted by molar-refractivity contribution is 1.11. The predicted molar refractivity (Wildman–Crippen MR) is 54.4 cm³/mol. The second kappa shape index (κ2) is 4.16. The van der Waals surface area contributed by atoms with Crippen LogP contribution in [0, 0.1) is 5.41 Å². The van der Waals surface area contributed by atoms with E-state index in [0.29, 0.717) is 0 Å². The van der Waals surface area contributed by atoms with E-state index in [9.17, 15) is 0 Å². The van der Waals surface area contributed by atoms with E-state index in [1.807, 2.05) is 37.3 Å². The van der Waals surface area contributed by atoms with Gasteiger partial charge in [-0.1, -0.05) is 42.1 Å². The summed E-state index contributed by atoms with van der Waals surface area (Å²) in [5, 5.41) is 7.55. The fraction of sp³-hybridized carbons (Fsp3) is 0.222. The Balaban J connectivity index is 2.65. The summed E-state index contributed by atoms with van der Waals surface area (Å²) in [7, 11) is 0. The summed E-state index contributed by atoms with van der Waals surface area (Å²) in [6, 6.07) is 10.1. The van der Waals surface area contributed by atoms with Gasteiger partial charge in [-0.25, -0.2) is 0 Å². The van der Waals surface area contributed by atoms with E-state index in [0.717, 1.165) is 0 Å². The summed E-state index contributed by atoms with van der Waals surface area (Å²) >= 11 is 1.37. The third kappa shape index (κ3) is 2.58. The highest BCUT2D eigenvalue weighted by Crippen LogP contribution is 2.26. The summed E-state index contributed by atoms with van der Waals surface area (Å²) < 4.78 is 0. The second-order valence-corrected chi connectivity index (χ2v) is 3.92. The quantitative estimate of drug-likeness (QED) is 0.542. The molecule has 12 heavy (non-hydrogen) atoms. The van der Waals surface area contributed by atoms with Crippen molar-refractivity contribution in [2.45, 2.75) is 12.2 Å². The van der Waals surface area contributed by atoms with E-state index in [2.05, 4.69) is 0 Å². The van der Waals surface area contributed by atoms with Gasteiger partial charge in [0.15, 0.2) is 5.17 Å². The Bertz CT molecular complexity index is 258. The van der Waals surface area contributed by atoms with Crippen LogP contribution in [0.5, 0.6) is 0 Å². The van der Waals surface area contributed by atoms with Crippen molar-refractivity contribution in [3.8, 4) is 0 Å². The van der Waals surface area contributed by atoms with Gasteiger partial charge >= 0.3 is 0 Å². The summed E-state index contributed by atoms with van der Waals surface area (Å²) in [5.41, 5.74) is 6.48. The molecule has 0 spiro atoms. The Morgan fingerprint density at radius 3 is 2.50 bits per heavy atom. The Morgan fingerprint density at radius 1 is 1.42 bits per heavy atom. The number of hydrogen-bond acceptors (Lipinski definition) is 2. The number of thioether (sulfide) groups is 1. The predicted octanol–water partition coefficient (Wildman–Crippen LogP) is 2.37. The first-order valence-electron chi connectivity index (χ1n) is 3.76. The van der Waals surface area contributed by atoms with Gasteiger partial charge in [-0.3, -0.25) is 5.41 Å². The van der Waals surface area contributed by atoms with Crippen molar-refractivity contribution in [2.24, 2.45) is 5.73 Å². The summed E-state index contributed by atoms with van der Waals surface area (Å²) in [5.74, 6) is 0. The Kier molecular flexibility index (Phi) is 3.17. The van der Waals surface area contributed by atoms with Crippen molar-refractivity contribution in [1.82, 2.24) is 0 Å². The first kappa shape index (κ1) is 9.13. The molecule has 0 aliphatic heterocycles. The highest BCUT2D eigenvalue weighted by molar-refractivity contribution is 8.13. The zero-order valence-electron chi connectivity index (χ0n) is 6.95. The number of benzene rings is 1.